The van der Waals surface area contributed by atoms with Crippen molar-refractivity contribution in [3.05, 3.63) is 36.0 Å². The maximum absolute atomic E-state index is 11.8. The van der Waals surface area contributed by atoms with Crippen LogP contribution >= 0.6 is 0 Å². The van der Waals surface area contributed by atoms with Crippen LogP contribution in [0.25, 0.3) is 0 Å². The third-order valence-corrected chi connectivity index (χ3v) is 13.4. The fourth-order valence-corrected chi connectivity index (χ4v) is 10.3. The number of carbonyl (C=O) groups is 1. The molecule has 11 heteroatoms. The van der Waals surface area contributed by atoms with Gasteiger partial charge in [-0.05, 0) is 95.1 Å². The zero-order valence-electron chi connectivity index (χ0n) is 33.2. The minimum atomic E-state index is -1.25. The highest BCUT2D eigenvalue weighted by atomic mass is 16.7. The van der Waals surface area contributed by atoms with Gasteiger partial charge in [0.2, 0.25) is 5.79 Å². The molecular formula is C43H66O11. The lowest BCUT2D eigenvalue weighted by atomic mass is 9.79. The number of hydrogen-bond acceptors (Lipinski definition) is 11. The number of fused-ring (bicyclic) bond motifs is 1. The number of carbonyl (C=O) groups excluding carboxylic acids is 1. The normalized spacial score (nSPS) is 46.1. The van der Waals surface area contributed by atoms with Crippen molar-refractivity contribution in [1.29, 1.82) is 0 Å². The molecule has 0 radical (unpaired) electrons. The molecular weight excluding hydrogens is 692 g/mol. The van der Waals surface area contributed by atoms with Crippen molar-refractivity contribution in [3.63, 3.8) is 0 Å². The number of aliphatic hydroxyl groups is 3. The van der Waals surface area contributed by atoms with Gasteiger partial charge < -0.3 is 48.5 Å². The van der Waals surface area contributed by atoms with E-state index in [1.807, 2.05) is 13.0 Å². The molecule has 0 aliphatic carbocycles. The number of Topliss-reactive ketones (excluding diaryl/α,β-unsaturated/α-hetero) is 1. The molecule has 0 aromatic heterocycles. The second-order valence-electron chi connectivity index (χ2n) is 18.0. The molecule has 0 aromatic rings. The van der Waals surface area contributed by atoms with Crippen LogP contribution in [0.2, 0.25) is 0 Å². The maximum Gasteiger partial charge on any atom is 0.215 e. The summed E-state index contributed by atoms with van der Waals surface area (Å²) in [6.45, 7) is 15.0. The zero-order valence-corrected chi connectivity index (χ0v) is 33.2. The quantitative estimate of drug-likeness (QED) is 0.240. The van der Waals surface area contributed by atoms with Crippen LogP contribution in [0.5, 0.6) is 0 Å². The summed E-state index contributed by atoms with van der Waals surface area (Å²) >= 11 is 0. The summed E-state index contributed by atoms with van der Waals surface area (Å²) in [5.74, 6) is -2.08. The van der Waals surface area contributed by atoms with Gasteiger partial charge in [0.15, 0.2) is 11.6 Å². The van der Waals surface area contributed by atoms with E-state index in [-0.39, 0.29) is 48.1 Å². The lowest BCUT2D eigenvalue weighted by Gasteiger charge is -2.50. The van der Waals surface area contributed by atoms with E-state index in [2.05, 4.69) is 39.5 Å². The minimum Gasteiger partial charge on any atom is -0.390 e. The highest BCUT2D eigenvalue weighted by Gasteiger charge is 2.54. The van der Waals surface area contributed by atoms with Crippen LogP contribution in [0.15, 0.2) is 36.0 Å². The molecule has 0 saturated carbocycles. The van der Waals surface area contributed by atoms with Gasteiger partial charge in [-0.3, -0.25) is 4.79 Å². The van der Waals surface area contributed by atoms with Crippen LogP contribution in [-0.4, -0.2) is 106 Å². The average Bonchev–Trinajstić information content (AvgIpc) is 3.53. The Morgan fingerprint density at radius 1 is 0.981 bits per heavy atom. The lowest BCUT2D eigenvalue weighted by Crippen LogP contribution is -2.60. The molecule has 0 aromatic carbocycles. The number of rotatable bonds is 9. The smallest absolute Gasteiger partial charge is 0.215 e. The first-order chi connectivity index (χ1) is 25.7. The Labute approximate surface area is 321 Å². The molecule has 7 aliphatic heterocycles. The second-order valence-corrected chi connectivity index (χ2v) is 18.0. The molecule has 7 rings (SSSR count). The SMILES string of the molecule is C=C1[C@H]([C@H](O)C[C@@H](C)[C@@H]2O[C@]3(CCCCO3)CC[C@@H]2C)O[C@H]2CC[C@]3(CC[C@@H](/C=C/[C@H](C)[C@H]4CC(C)=C[C@]5(O[C@@H](CC(C)=O)CC[C@@H]5O)O4)O3)O[C@@H]2[C@H]1O. The number of ketones is 1. The fourth-order valence-electron chi connectivity index (χ4n) is 10.3. The summed E-state index contributed by atoms with van der Waals surface area (Å²) in [6.07, 6.45) is 11.5. The largest absolute Gasteiger partial charge is 0.390 e. The van der Waals surface area contributed by atoms with Gasteiger partial charge in [-0.15, -0.1) is 0 Å². The molecule has 54 heavy (non-hydrogen) atoms. The molecule has 7 heterocycles. The maximum atomic E-state index is 11.8. The van der Waals surface area contributed by atoms with Gasteiger partial charge >= 0.3 is 0 Å². The van der Waals surface area contributed by atoms with Crippen LogP contribution in [-0.2, 0) is 38.0 Å². The van der Waals surface area contributed by atoms with E-state index < -0.39 is 47.9 Å². The highest BCUT2D eigenvalue weighted by molar-refractivity contribution is 5.76. The van der Waals surface area contributed by atoms with Crippen molar-refractivity contribution in [2.45, 2.75) is 203 Å². The molecule has 304 valence electrons. The number of hydrogen-bond donors (Lipinski definition) is 3. The van der Waals surface area contributed by atoms with E-state index in [1.165, 1.54) is 0 Å². The van der Waals surface area contributed by atoms with Crippen molar-refractivity contribution >= 4 is 5.78 Å². The Hall–Kier alpha value is -1.51. The van der Waals surface area contributed by atoms with Crippen molar-refractivity contribution in [3.8, 4) is 0 Å². The topological polar surface area (TPSA) is 142 Å². The summed E-state index contributed by atoms with van der Waals surface area (Å²) in [7, 11) is 0. The molecule has 3 spiro atoms. The van der Waals surface area contributed by atoms with Gasteiger partial charge in [-0.1, -0.05) is 45.1 Å². The van der Waals surface area contributed by atoms with Crippen molar-refractivity contribution in [2.24, 2.45) is 17.8 Å². The second kappa shape index (κ2) is 16.4. The van der Waals surface area contributed by atoms with E-state index in [9.17, 15) is 20.1 Å². The van der Waals surface area contributed by atoms with Crippen molar-refractivity contribution in [2.75, 3.05) is 6.61 Å². The van der Waals surface area contributed by atoms with E-state index in [0.29, 0.717) is 62.9 Å². The van der Waals surface area contributed by atoms with Crippen LogP contribution in [0, 0.1) is 17.8 Å². The Kier molecular flexibility index (Phi) is 12.3. The minimum absolute atomic E-state index is 0.00359. The average molecular weight is 759 g/mol. The van der Waals surface area contributed by atoms with E-state index in [4.69, 9.17) is 33.2 Å². The van der Waals surface area contributed by atoms with Crippen LogP contribution in [0.1, 0.15) is 125 Å². The Morgan fingerprint density at radius 2 is 1.76 bits per heavy atom. The molecule has 0 unspecified atom stereocenters. The molecule has 0 amide bonds. The fraction of sp³-hybridized carbons (Fsp3) is 0.837. The Bertz CT molecular complexity index is 1410. The van der Waals surface area contributed by atoms with Gasteiger partial charge in [0.25, 0.3) is 0 Å². The van der Waals surface area contributed by atoms with Crippen LogP contribution in [0.4, 0.5) is 0 Å². The summed E-state index contributed by atoms with van der Waals surface area (Å²) in [5, 5.41) is 34.1. The summed E-state index contributed by atoms with van der Waals surface area (Å²) < 4.78 is 45.3. The molecule has 11 nitrogen and oxygen atoms in total. The molecule has 6 saturated heterocycles. The third kappa shape index (κ3) is 8.52. The standard InChI is InChI=1S/C43H66O11/c1-25-21-35(52-43(24-25)36(46)12-11-32(51-43)23-29(5)44)26(2)9-10-31-14-18-42(50-31)19-15-34-40(54-42)37(47)30(6)39(49-34)33(45)22-28(4)38-27(3)13-17-41(53-38)16-7-8-20-48-41/h9-10,24,26-28,31-40,45-47H,6-8,11-23H2,1-5H3/b10-9+/t26-,27-,28+,31+,32+,33+,34-,35+,36-,37-,38+,39+,40-,41+,42-,43-/m0/s1. The zero-order chi connectivity index (χ0) is 38.4. The van der Waals surface area contributed by atoms with Gasteiger partial charge in [0.05, 0.1) is 43.2 Å². The molecule has 16 atom stereocenters. The number of aliphatic hydroxyl groups excluding tert-OH is 3. The molecule has 7 aliphatic rings. The molecule has 3 N–H and O–H groups in total. The van der Waals surface area contributed by atoms with Gasteiger partial charge in [-0.2, -0.15) is 0 Å². The monoisotopic (exact) mass is 758 g/mol. The van der Waals surface area contributed by atoms with E-state index in [1.54, 1.807) is 6.92 Å². The lowest BCUT2D eigenvalue weighted by molar-refractivity contribution is -0.320. The van der Waals surface area contributed by atoms with Crippen molar-refractivity contribution in [1.82, 2.24) is 0 Å². The van der Waals surface area contributed by atoms with Crippen LogP contribution in [0.3, 0.4) is 0 Å². The van der Waals surface area contributed by atoms with Gasteiger partial charge in [0.1, 0.15) is 30.2 Å². The first kappa shape index (κ1) is 40.7. The van der Waals surface area contributed by atoms with Gasteiger partial charge in [-0.25, -0.2) is 0 Å². The molecule has 0 bridgehead atoms. The van der Waals surface area contributed by atoms with Crippen LogP contribution < -0.4 is 0 Å². The number of ether oxygens (including phenoxy) is 7. The third-order valence-electron chi connectivity index (χ3n) is 13.4. The van der Waals surface area contributed by atoms with E-state index in [0.717, 1.165) is 50.7 Å². The Balaban J connectivity index is 0.921. The van der Waals surface area contributed by atoms with E-state index >= 15 is 0 Å². The molecule has 6 fully saturated rings. The summed E-state index contributed by atoms with van der Waals surface area (Å²) in [4.78, 5) is 11.8. The van der Waals surface area contributed by atoms with Gasteiger partial charge in [0, 0.05) is 38.0 Å². The first-order valence-electron chi connectivity index (χ1n) is 21.0. The summed E-state index contributed by atoms with van der Waals surface area (Å²) in [6, 6.07) is 0. The first-order valence-corrected chi connectivity index (χ1v) is 21.0. The predicted octanol–water partition coefficient (Wildman–Crippen LogP) is 5.97. The highest BCUT2D eigenvalue weighted by Crippen LogP contribution is 2.47. The predicted molar refractivity (Wildman–Crippen MR) is 200 cm³/mol. The van der Waals surface area contributed by atoms with Crippen molar-refractivity contribution < 1.29 is 53.3 Å². The summed E-state index contributed by atoms with van der Waals surface area (Å²) in [5.41, 5.74) is 1.53. The Morgan fingerprint density at radius 3 is 2.52 bits per heavy atom.